The van der Waals surface area contributed by atoms with Crippen molar-refractivity contribution in [2.24, 2.45) is 0 Å². The smallest absolute Gasteiger partial charge is 0.219 e. The van der Waals surface area contributed by atoms with E-state index in [2.05, 4.69) is 4.98 Å². The fraction of sp³-hybridized carbons (Fsp3) is 0. The highest BCUT2D eigenvalue weighted by molar-refractivity contribution is 6.08. The fourth-order valence-electron chi connectivity index (χ4n) is 2.00. The lowest BCUT2D eigenvalue weighted by Crippen LogP contribution is -2.00. The van der Waals surface area contributed by atoms with Gasteiger partial charge in [0, 0.05) is 17.2 Å². The van der Waals surface area contributed by atoms with Crippen LogP contribution in [0.1, 0.15) is 15.9 Å². The van der Waals surface area contributed by atoms with E-state index in [-0.39, 0.29) is 5.78 Å². The number of hydrogen-bond donors (Lipinski definition) is 1. The first-order chi connectivity index (χ1) is 10.7. The minimum absolute atomic E-state index is 0.0160. The molecular weight excluding hydrogens is 276 g/mol. The SMILES string of the molecule is Nc1ccc(Oc2ccc(C(=O)c3ccccc3)cc2)nc1. The van der Waals surface area contributed by atoms with Gasteiger partial charge in [0.25, 0.3) is 0 Å². The van der Waals surface area contributed by atoms with Crippen LogP contribution >= 0.6 is 0 Å². The maximum Gasteiger partial charge on any atom is 0.219 e. The van der Waals surface area contributed by atoms with Gasteiger partial charge in [-0.3, -0.25) is 4.79 Å². The van der Waals surface area contributed by atoms with Gasteiger partial charge in [0.05, 0.1) is 11.9 Å². The predicted molar refractivity (Wildman–Crippen MR) is 85.0 cm³/mol. The molecule has 0 bridgehead atoms. The van der Waals surface area contributed by atoms with Gasteiger partial charge in [-0.1, -0.05) is 30.3 Å². The number of carbonyl (C=O) groups is 1. The number of nitrogens with two attached hydrogens (primary N) is 1. The molecular formula is C18H14N2O2. The Balaban J connectivity index is 1.75. The summed E-state index contributed by atoms with van der Waals surface area (Å²) < 4.78 is 5.60. The lowest BCUT2D eigenvalue weighted by Gasteiger charge is -2.06. The second kappa shape index (κ2) is 6.10. The largest absolute Gasteiger partial charge is 0.439 e. The Morgan fingerprint density at radius 3 is 2.18 bits per heavy atom. The topological polar surface area (TPSA) is 65.2 Å². The van der Waals surface area contributed by atoms with Crippen LogP contribution in [0, 0.1) is 0 Å². The van der Waals surface area contributed by atoms with E-state index in [1.807, 2.05) is 18.2 Å². The van der Waals surface area contributed by atoms with Gasteiger partial charge in [-0.25, -0.2) is 4.98 Å². The quantitative estimate of drug-likeness (QED) is 0.744. The average molecular weight is 290 g/mol. The molecule has 0 aliphatic carbocycles. The first-order valence-corrected chi connectivity index (χ1v) is 6.81. The van der Waals surface area contributed by atoms with E-state index in [9.17, 15) is 4.79 Å². The standard InChI is InChI=1S/C18H14N2O2/c19-15-8-11-17(20-12-15)22-16-9-6-14(7-10-16)18(21)13-4-2-1-3-5-13/h1-12H,19H2. The third-order valence-electron chi connectivity index (χ3n) is 3.13. The molecule has 0 radical (unpaired) electrons. The van der Waals surface area contributed by atoms with Crippen molar-refractivity contribution >= 4 is 11.5 Å². The highest BCUT2D eigenvalue weighted by atomic mass is 16.5. The summed E-state index contributed by atoms with van der Waals surface area (Å²) in [6.07, 6.45) is 1.53. The number of benzene rings is 2. The van der Waals surface area contributed by atoms with Gasteiger partial charge < -0.3 is 10.5 Å². The molecule has 0 atom stereocenters. The van der Waals surface area contributed by atoms with Crippen molar-refractivity contribution < 1.29 is 9.53 Å². The molecule has 0 unspecified atom stereocenters. The Bertz CT molecular complexity index is 766. The Hall–Kier alpha value is -3.14. The van der Waals surface area contributed by atoms with Crippen molar-refractivity contribution in [3.05, 3.63) is 84.1 Å². The van der Waals surface area contributed by atoms with Crippen LogP contribution in [0.5, 0.6) is 11.6 Å². The molecule has 0 aliphatic rings. The van der Waals surface area contributed by atoms with Gasteiger partial charge in [-0.2, -0.15) is 0 Å². The van der Waals surface area contributed by atoms with E-state index in [1.54, 1.807) is 48.5 Å². The lowest BCUT2D eigenvalue weighted by molar-refractivity contribution is 0.103. The zero-order valence-electron chi connectivity index (χ0n) is 11.8. The number of aromatic nitrogens is 1. The van der Waals surface area contributed by atoms with Crippen LogP contribution in [0.2, 0.25) is 0 Å². The molecule has 0 amide bonds. The van der Waals surface area contributed by atoms with Crippen molar-refractivity contribution in [1.29, 1.82) is 0 Å². The van der Waals surface area contributed by atoms with E-state index in [0.717, 1.165) is 0 Å². The van der Waals surface area contributed by atoms with Crippen LogP contribution in [0.25, 0.3) is 0 Å². The van der Waals surface area contributed by atoms with E-state index in [4.69, 9.17) is 10.5 Å². The lowest BCUT2D eigenvalue weighted by atomic mass is 10.0. The summed E-state index contributed by atoms with van der Waals surface area (Å²) in [5.74, 6) is 1.05. The molecule has 1 aromatic heterocycles. The molecule has 3 aromatic rings. The number of nitrogens with zero attached hydrogens (tertiary/aromatic N) is 1. The fourth-order valence-corrected chi connectivity index (χ4v) is 2.00. The second-order valence-corrected chi connectivity index (χ2v) is 4.75. The van der Waals surface area contributed by atoms with Crippen LogP contribution in [-0.2, 0) is 0 Å². The Morgan fingerprint density at radius 2 is 1.55 bits per heavy atom. The first-order valence-electron chi connectivity index (χ1n) is 6.81. The van der Waals surface area contributed by atoms with E-state index < -0.39 is 0 Å². The zero-order valence-corrected chi connectivity index (χ0v) is 11.8. The van der Waals surface area contributed by atoms with Crippen molar-refractivity contribution in [3.63, 3.8) is 0 Å². The highest BCUT2D eigenvalue weighted by Crippen LogP contribution is 2.21. The number of rotatable bonds is 4. The van der Waals surface area contributed by atoms with Crippen molar-refractivity contribution in [3.8, 4) is 11.6 Å². The summed E-state index contributed by atoms with van der Waals surface area (Å²) in [7, 11) is 0. The van der Waals surface area contributed by atoms with Crippen molar-refractivity contribution in [2.75, 3.05) is 5.73 Å². The van der Waals surface area contributed by atoms with Crippen LogP contribution in [-0.4, -0.2) is 10.8 Å². The Labute approximate surface area is 128 Å². The molecule has 0 aliphatic heterocycles. The van der Waals surface area contributed by atoms with Gasteiger partial charge in [-0.05, 0) is 30.3 Å². The number of carbonyl (C=O) groups excluding carboxylic acids is 1. The molecule has 0 saturated heterocycles. The minimum atomic E-state index is -0.0160. The normalized spacial score (nSPS) is 10.2. The van der Waals surface area contributed by atoms with Crippen LogP contribution in [0.4, 0.5) is 5.69 Å². The molecule has 108 valence electrons. The summed E-state index contributed by atoms with van der Waals surface area (Å²) >= 11 is 0. The monoisotopic (exact) mass is 290 g/mol. The maximum atomic E-state index is 12.3. The minimum Gasteiger partial charge on any atom is -0.439 e. The molecule has 2 aromatic carbocycles. The van der Waals surface area contributed by atoms with E-state index in [1.165, 1.54) is 6.20 Å². The Kier molecular flexibility index (Phi) is 3.83. The van der Waals surface area contributed by atoms with Crippen molar-refractivity contribution in [2.45, 2.75) is 0 Å². The number of anilines is 1. The molecule has 4 heteroatoms. The summed E-state index contributed by atoms with van der Waals surface area (Å²) in [5.41, 5.74) is 7.43. The third-order valence-corrected chi connectivity index (χ3v) is 3.13. The summed E-state index contributed by atoms with van der Waals surface area (Å²) in [6.45, 7) is 0. The van der Waals surface area contributed by atoms with E-state index >= 15 is 0 Å². The van der Waals surface area contributed by atoms with Crippen LogP contribution < -0.4 is 10.5 Å². The molecule has 2 N–H and O–H groups in total. The zero-order chi connectivity index (χ0) is 15.4. The number of nitrogen functional groups attached to an aromatic ring is 1. The van der Waals surface area contributed by atoms with Gasteiger partial charge in [0.15, 0.2) is 5.78 Å². The van der Waals surface area contributed by atoms with Gasteiger partial charge >= 0.3 is 0 Å². The summed E-state index contributed by atoms with van der Waals surface area (Å²) in [6, 6.07) is 19.5. The van der Waals surface area contributed by atoms with Crippen LogP contribution in [0.15, 0.2) is 72.9 Å². The molecule has 0 fully saturated rings. The third kappa shape index (κ3) is 3.12. The van der Waals surface area contributed by atoms with Gasteiger partial charge in [0.1, 0.15) is 5.75 Å². The molecule has 3 rings (SSSR count). The van der Waals surface area contributed by atoms with Crippen molar-refractivity contribution in [1.82, 2.24) is 4.98 Å². The molecule has 0 saturated carbocycles. The molecule has 4 nitrogen and oxygen atoms in total. The van der Waals surface area contributed by atoms with Gasteiger partial charge in [0.2, 0.25) is 5.88 Å². The molecule has 22 heavy (non-hydrogen) atoms. The predicted octanol–water partition coefficient (Wildman–Crippen LogP) is 3.69. The molecule has 0 spiro atoms. The number of hydrogen-bond acceptors (Lipinski definition) is 4. The Morgan fingerprint density at radius 1 is 0.864 bits per heavy atom. The maximum absolute atomic E-state index is 12.3. The number of pyridine rings is 1. The van der Waals surface area contributed by atoms with E-state index in [0.29, 0.717) is 28.4 Å². The summed E-state index contributed by atoms with van der Waals surface area (Å²) in [4.78, 5) is 16.4. The summed E-state index contributed by atoms with van der Waals surface area (Å²) in [5, 5.41) is 0. The highest BCUT2D eigenvalue weighted by Gasteiger charge is 2.08. The first kappa shape index (κ1) is 13.8. The second-order valence-electron chi connectivity index (χ2n) is 4.75. The average Bonchev–Trinajstić information content (AvgIpc) is 2.58. The number of ether oxygens (including phenoxy) is 1. The van der Waals surface area contributed by atoms with Crippen LogP contribution in [0.3, 0.4) is 0 Å². The molecule has 1 heterocycles. The number of ketones is 1. The van der Waals surface area contributed by atoms with Gasteiger partial charge in [-0.15, -0.1) is 0 Å².